The Bertz CT molecular complexity index is 2090. The predicted octanol–water partition coefficient (Wildman–Crippen LogP) is 4.38. The van der Waals surface area contributed by atoms with Gasteiger partial charge < -0.3 is 50.3 Å². The number of benzene rings is 1. The summed E-state index contributed by atoms with van der Waals surface area (Å²) >= 11 is 0. The van der Waals surface area contributed by atoms with E-state index < -0.39 is 86.0 Å². The molecule has 5 N–H and O–H groups in total. The predicted molar refractivity (Wildman–Crippen MR) is 247 cm³/mol. The highest BCUT2D eigenvalue weighted by Gasteiger charge is 2.31. The molecule has 2 aromatic rings. The topological polar surface area (TPSA) is 330 Å². The Morgan fingerprint density at radius 1 is 0.710 bits per heavy atom. The first-order chi connectivity index (χ1) is 32.1. The molecular formula is C44H67N9O16. The van der Waals surface area contributed by atoms with Gasteiger partial charge in [-0.25, -0.2) is 28.7 Å². The molecule has 0 aliphatic rings. The molecular weight excluding hydrogens is 911 g/mol. The van der Waals surface area contributed by atoms with Crippen molar-refractivity contribution in [3.05, 3.63) is 56.6 Å². The first-order valence-electron chi connectivity index (χ1n) is 22.3. The lowest BCUT2D eigenvalue weighted by Crippen LogP contribution is -2.53. The van der Waals surface area contributed by atoms with Crippen LogP contribution in [-0.4, -0.2) is 130 Å². The summed E-state index contributed by atoms with van der Waals surface area (Å²) in [4.78, 5) is 113. The Labute approximate surface area is 400 Å². The molecule has 4 amide bonds. The van der Waals surface area contributed by atoms with Crippen LogP contribution in [0.1, 0.15) is 113 Å². The Balaban J connectivity index is 1.69. The molecule has 0 radical (unpaired) electrons. The summed E-state index contributed by atoms with van der Waals surface area (Å²) in [6.07, 6.45) is 3.46. The zero-order valence-corrected chi connectivity index (χ0v) is 40.8. The van der Waals surface area contributed by atoms with Crippen molar-refractivity contribution < 1.29 is 67.1 Å². The van der Waals surface area contributed by atoms with Crippen LogP contribution >= 0.6 is 0 Å². The van der Waals surface area contributed by atoms with Crippen molar-refractivity contribution in [3.63, 3.8) is 0 Å². The van der Waals surface area contributed by atoms with Crippen LogP contribution in [0.25, 0.3) is 0 Å². The summed E-state index contributed by atoms with van der Waals surface area (Å²) in [5, 5.41) is 35.3. The maximum absolute atomic E-state index is 13.2. The first-order valence-corrected chi connectivity index (χ1v) is 22.3. The number of anilines is 1. The van der Waals surface area contributed by atoms with E-state index in [4.69, 9.17) is 23.7 Å². The molecule has 25 heteroatoms. The maximum Gasteiger partial charge on any atom is 0.419 e. The van der Waals surface area contributed by atoms with Crippen LogP contribution in [0.5, 0.6) is 0 Å². The smallest absolute Gasteiger partial charge is 0.419 e. The Morgan fingerprint density at radius 3 is 1.91 bits per heavy atom. The van der Waals surface area contributed by atoms with Crippen LogP contribution < -0.4 is 26.6 Å². The van der Waals surface area contributed by atoms with E-state index >= 15 is 0 Å². The van der Waals surface area contributed by atoms with Gasteiger partial charge in [0, 0.05) is 51.2 Å². The van der Waals surface area contributed by atoms with Crippen molar-refractivity contribution in [2.45, 2.75) is 143 Å². The Hall–Kier alpha value is -6.92. The number of aromatic nitrogens is 2. The molecule has 0 fully saturated rings. The van der Waals surface area contributed by atoms with Gasteiger partial charge in [0.25, 0.3) is 11.4 Å². The van der Waals surface area contributed by atoms with Gasteiger partial charge in [0.1, 0.15) is 47.5 Å². The molecule has 0 aliphatic carbocycles. The van der Waals surface area contributed by atoms with Crippen LogP contribution in [0.2, 0.25) is 0 Å². The van der Waals surface area contributed by atoms with E-state index in [2.05, 4.69) is 31.6 Å². The SMILES string of the molecule is CC(C)(C)OC(=O)CC[C@H](NC(=O)N[C@@H](CCCCNC(=O)CCCOCCOC(=O)n1cnc(CCNC(=O)CNc2ccc([N+](=O)[O-])cc2[N+](=O)[O-])c1)C(=O)OC(C)(C)C)C(=O)OC(C)(C)C. The summed E-state index contributed by atoms with van der Waals surface area (Å²) in [7, 11) is 0. The van der Waals surface area contributed by atoms with Gasteiger partial charge in [0.2, 0.25) is 11.8 Å². The highest BCUT2D eigenvalue weighted by atomic mass is 16.6. The highest BCUT2D eigenvalue weighted by Crippen LogP contribution is 2.28. The van der Waals surface area contributed by atoms with E-state index in [9.17, 15) is 53.8 Å². The second kappa shape index (κ2) is 27.8. The van der Waals surface area contributed by atoms with E-state index in [0.717, 1.165) is 22.8 Å². The number of imidazole rings is 1. The normalized spacial score (nSPS) is 12.4. The number of hydrogen-bond acceptors (Lipinski definition) is 18. The lowest BCUT2D eigenvalue weighted by atomic mass is 10.1. The molecule has 1 heterocycles. The van der Waals surface area contributed by atoms with Gasteiger partial charge in [-0.1, -0.05) is 0 Å². The van der Waals surface area contributed by atoms with Crippen molar-refractivity contribution in [2.75, 3.05) is 44.8 Å². The van der Waals surface area contributed by atoms with Crippen LogP contribution in [0, 0.1) is 20.2 Å². The Kier molecular flexibility index (Phi) is 23.4. The molecule has 0 saturated heterocycles. The number of nitro benzene ring substituents is 2. The minimum absolute atomic E-state index is 0.0615. The molecule has 25 nitrogen and oxygen atoms in total. The number of hydrogen-bond donors (Lipinski definition) is 5. The minimum atomic E-state index is -1.23. The zero-order valence-electron chi connectivity index (χ0n) is 40.8. The quantitative estimate of drug-likeness (QED) is 0.0273. The molecule has 1 aromatic heterocycles. The fourth-order valence-corrected chi connectivity index (χ4v) is 5.84. The number of nitrogens with zero attached hydrogens (tertiary/aromatic N) is 4. The summed E-state index contributed by atoms with van der Waals surface area (Å²) in [5.41, 5.74) is -3.10. The van der Waals surface area contributed by atoms with E-state index in [1.165, 1.54) is 12.5 Å². The van der Waals surface area contributed by atoms with Gasteiger partial charge in [0.15, 0.2) is 0 Å². The minimum Gasteiger partial charge on any atom is -0.460 e. The average molecular weight is 978 g/mol. The van der Waals surface area contributed by atoms with Crippen LogP contribution in [0.3, 0.4) is 0 Å². The first kappa shape index (κ1) is 58.2. The molecule has 0 saturated carbocycles. The summed E-state index contributed by atoms with van der Waals surface area (Å²) in [5.74, 6) is -2.76. The van der Waals surface area contributed by atoms with Crippen molar-refractivity contribution >= 4 is 58.9 Å². The van der Waals surface area contributed by atoms with Gasteiger partial charge in [-0.2, -0.15) is 0 Å². The maximum atomic E-state index is 13.2. The number of amides is 4. The Morgan fingerprint density at radius 2 is 1.32 bits per heavy atom. The molecule has 2 rings (SSSR count). The van der Waals surface area contributed by atoms with Crippen molar-refractivity contribution in [1.29, 1.82) is 0 Å². The molecule has 1 aromatic carbocycles. The largest absolute Gasteiger partial charge is 0.460 e. The fraction of sp³-hybridized carbons (Fsp3) is 0.636. The molecule has 0 aliphatic heterocycles. The van der Waals surface area contributed by atoms with Gasteiger partial charge >= 0.3 is 30.0 Å². The number of nitrogens with one attached hydrogen (secondary N) is 5. The molecule has 69 heavy (non-hydrogen) atoms. The summed E-state index contributed by atoms with van der Waals surface area (Å²) in [6, 6.07) is -0.154. The van der Waals surface area contributed by atoms with E-state index in [0.29, 0.717) is 25.0 Å². The van der Waals surface area contributed by atoms with Gasteiger partial charge in [-0.3, -0.25) is 34.6 Å². The number of carbonyl (C=O) groups excluding carboxylic acids is 7. The number of rotatable bonds is 27. The number of non-ortho nitro benzene ring substituents is 1. The molecule has 384 valence electrons. The third kappa shape index (κ3) is 25.1. The van der Waals surface area contributed by atoms with E-state index in [1.54, 1.807) is 62.3 Å². The second-order valence-corrected chi connectivity index (χ2v) is 18.5. The number of unbranched alkanes of at least 4 members (excludes halogenated alkanes) is 1. The molecule has 0 spiro atoms. The number of ether oxygens (including phenoxy) is 5. The summed E-state index contributed by atoms with van der Waals surface area (Å²) < 4.78 is 28.1. The molecule has 0 bridgehead atoms. The van der Waals surface area contributed by atoms with Crippen molar-refractivity contribution in [3.8, 4) is 0 Å². The van der Waals surface area contributed by atoms with Gasteiger partial charge in [-0.15, -0.1) is 0 Å². The third-order valence-electron chi connectivity index (χ3n) is 8.82. The molecule has 2 atom stereocenters. The lowest BCUT2D eigenvalue weighted by molar-refractivity contribution is -0.393. The van der Waals surface area contributed by atoms with Crippen LogP contribution in [-0.2, 0) is 54.1 Å². The second-order valence-electron chi connectivity index (χ2n) is 18.5. The molecule has 0 unspecified atom stereocenters. The van der Waals surface area contributed by atoms with Crippen molar-refractivity contribution in [1.82, 2.24) is 30.8 Å². The van der Waals surface area contributed by atoms with Gasteiger partial charge in [0.05, 0.1) is 34.8 Å². The van der Waals surface area contributed by atoms with Crippen LogP contribution in [0.4, 0.5) is 26.7 Å². The van der Waals surface area contributed by atoms with E-state index in [1.807, 2.05) is 0 Å². The standard InChI is InChI=1S/C44H67N9O16/c1-42(2,3)67-37(56)18-17-33(39(58)69-44(7,8)9)50-40(59)49-32(38(57)68-43(4,5)6)13-10-11-20-45-35(54)14-12-22-65-23-24-66-41(60)51-27-29(48-28-51)19-21-46-36(55)26-47-31-16-15-30(52(61)62)25-34(31)53(63)64/h15-16,25,27-28,32-33,47H,10-14,17-24,26H2,1-9H3,(H,45,54)(H,46,55)(H2,49,50,59)/t32-,33-/m0/s1. The number of urea groups is 1. The van der Waals surface area contributed by atoms with Gasteiger partial charge in [-0.05, 0) is 100 Å². The third-order valence-corrected chi connectivity index (χ3v) is 8.82. The lowest BCUT2D eigenvalue weighted by Gasteiger charge is -2.27. The monoisotopic (exact) mass is 977 g/mol. The average Bonchev–Trinajstić information content (AvgIpc) is 3.70. The van der Waals surface area contributed by atoms with E-state index in [-0.39, 0.29) is 83.2 Å². The zero-order chi connectivity index (χ0) is 52.0. The number of nitro groups is 2. The summed E-state index contributed by atoms with van der Waals surface area (Å²) in [6.45, 7) is 15.4. The number of esters is 3. The number of carbonyl (C=O) groups is 7. The fourth-order valence-electron chi connectivity index (χ4n) is 5.84. The van der Waals surface area contributed by atoms with Crippen molar-refractivity contribution in [2.24, 2.45) is 0 Å². The highest BCUT2D eigenvalue weighted by molar-refractivity contribution is 5.87. The van der Waals surface area contributed by atoms with Crippen LogP contribution in [0.15, 0.2) is 30.7 Å².